The number of nitrogens with one attached hydrogen (secondary N) is 1. The number of anilines is 1. The summed E-state index contributed by atoms with van der Waals surface area (Å²) >= 11 is 3.49. The summed E-state index contributed by atoms with van der Waals surface area (Å²) in [6.07, 6.45) is 9.32. The van der Waals surface area contributed by atoms with Crippen molar-refractivity contribution in [2.45, 2.75) is 77.0 Å². The Labute approximate surface area is 210 Å². The lowest BCUT2D eigenvalue weighted by Crippen LogP contribution is -2.61. The van der Waals surface area contributed by atoms with Gasteiger partial charge < -0.3 is 15.0 Å². The summed E-state index contributed by atoms with van der Waals surface area (Å²) in [5.74, 6) is 0.918. The second kappa shape index (κ2) is 10.2. The molecule has 4 heterocycles. The van der Waals surface area contributed by atoms with Crippen LogP contribution >= 0.6 is 22.7 Å². The van der Waals surface area contributed by atoms with Crippen molar-refractivity contribution in [2.75, 3.05) is 38.2 Å². The Morgan fingerprint density at radius 2 is 2.06 bits per heavy atom. The van der Waals surface area contributed by atoms with Crippen LogP contribution in [0, 0.1) is 12.8 Å². The molecule has 2 aliphatic heterocycles. The molecule has 2 aromatic rings. The molecule has 1 saturated carbocycles. The lowest BCUT2D eigenvalue weighted by molar-refractivity contribution is -0.121. The Hall–Kier alpha value is -1.55. The Kier molecular flexibility index (Phi) is 7.25. The molecule has 186 valence electrons. The van der Waals surface area contributed by atoms with E-state index in [1.54, 1.807) is 18.4 Å². The first-order chi connectivity index (χ1) is 16.4. The van der Waals surface area contributed by atoms with E-state index in [4.69, 9.17) is 9.72 Å². The summed E-state index contributed by atoms with van der Waals surface area (Å²) in [5.41, 5.74) is 1.28. The lowest BCUT2D eigenvalue weighted by atomic mass is 9.84. The van der Waals surface area contributed by atoms with Crippen LogP contribution in [0.2, 0.25) is 0 Å². The monoisotopic (exact) mass is 503 g/mol. The summed E-state index contributed by atoms with van der Waals surface area (Å²) in [6, 6.07) is 0.338. The van der Waals surface area contributed by atoms with E-state index in [1.165, 1.54) is 35.0 Å². The minimum atomic E-state index is -0.0132. The van der Waals surface area contributed by atoms with Crippen LogP contribution in [-0.4, -0.2) is 65.7 Å². The van der Waals surface area contributed by atoms with Gasteiger partial charge >= 0.3 is 0 Å². The van der Waals surface area contributed by atoms with Crippen molar-refractivity contribution in [3.05, 3.63) is 26.7 Å². The average Bonchev–Trinajstić information content (AvgIpc) is 3.41. The minimum absolute atomic E-state index is 0.0132. The molecular formula is C25H37N5O2S2. The van der Waals surface area contributed by atoms with E-state index in [1.807, 2.05) is 24.5 Å². The number of nitrogens with zero attached hydrogens (tertiary/aromatic N) is 4. The van der Waals surface area contributed by atoms with Crippen LogP contribution in [0.5, 0.6) is 0 Å². The van der Waals surface area contributed by atoms with Gasteiger partial charge in [0, 0.05) is 42.2 Å². The fraction of sp³-hybridized carbons (Fsp3) is 0.720. The van der Waals surface area contributed by atoms with E-state index in [2.05, 4.69) is 27.0 Å². The van der Waals surface area contributed by atoms with Crippen molar-refractivity contribution in [3.8, 4) is 0 Å². The van der Waals surface area contributed by atoms with Crippen LogP contribution < -0.4 is 10.2 Å². The highest BCUT2D eigenvalue weighted by Crippen LogP contribution is 2.36. The number of ether oxygens (including phenoxy) is 1. The smallest absolute Gasteiger partial charge is 0.225 e. The molecule has 2 aromatic heterocycles. The number of methoxy groups -OCH3 is 1. The van der Waals surface area contributed by atoms with E-state index in [0.29, 0.717) is 12.5 Å². The van der Waals surface area contributed by atoms with Gasteiger partial charge in [-0.3, -0.25) is 9.69 Å². The normalized spacial score (nSPS) is 24.5. The highest BCUT2D eigenvalue weighted by Gasteiger charge is 2.40. The molecule has 5 rings (SSSR count). The molecule has 0 aromatic carbocycles. The number of amides is 1. The van der Waals surface area contributed by atoms with Gasteiger partial charge in [0.2, 0.25) is 5.91 Å². The Balaban J connectivity index is 1.02. The van der Waals surface area contributed by atoms with Gasteiger partial charge in [0.05, 0.1) is 35.8 Å². The van der Waals surface area contributed by atoms with Gasteiger partial charge in [0.15, 0.2) is 5.13 Å². The van der Waals surface area contributed by atoms with Crippen LogP contribution in [0.3, 0.4) is 0 Å². The Bertz CT molecular complexity index is 991. The standard InChI is InChI=1S/C25H37N5O2S2/c1-17-26-13-20(33-17)12-23(31)27-19-6-4-18(5-7-19)8-10-29-11-9-22-21(14-29)28-24(34-22)30-15-25(2,16-30)32-3/h13,18-19H,4-12,14-16H2,1-3H3,(H,27,31). The fourth-order valence-corrected chi connectivity index (χ4v) is 7.32. The third kappa shape index (κ3) is 5.64. The molecule has 3 aliphatic rings. The number of rotatable bonds is 8. The van der Waals surface area contributed by atoms with Crippen molar-refractivity contribution in [1.82, 2.24) is 20.2 Å². The summed E-state index contributed by atoms with van der Waals surface area (Å²) in [7, 11) is 1.80. The number of carbonyl (C=O) groups is 1. The summed E-state index contributed by atoms with van der Waals surface area (Å²) in [4.78, 5) is 29.1. The maximum absolute atomic E-state index is 12.4. The maximum Gasteiger partial charge on any atom is 0.225 e. The molecule has 2 fully saturated rings. The predicted molar refractivity (Wildman–Crippen MR) is 138 cm³/mol. The molecule has 7 nitrogen and oxygen atoms in total. The topological polar surface area (TPSA) is 70.6 Å². The first-order valence-electron chi connectivity index (χ1n) is 12.6. The minimum Gasteiger partial charge on any atom is -0.375 e. The summed E-state index contributed by atoms with van der Waals surface area (Å²) in [5, 5.41) is 5.45. The van der Waals surface area contributed by atoms with Gasteiger partial charge in [-0.05, 0) is 64.8 Å². The predicted octanol–water partition coefficient (Wildman–Crippen LogP) is 3.80. The Morgan fingerprint density at radius 1 is 1.26 bits per heavy atom. The number of aromatic nitrogens is 2. The zero-order valence-corrected chi connectivity index (χ0v) is 22.3. The van der Waals surface area contributed by atoms with Gasteiger partial charge in [-0.15, -0.1) is 22.7 Å². The summed E-state index contributed by atoms with van der Waals surface area (Å²) < 4.78 is 5.59. The van der Waals surface area contributed by atoms with Crippen molar-refractivity contribution in [3.63, 3.8) is 0 Å². The quantitative estimate of drug-likeness (QED) is 0.591. The second-order valence-electron chi connectivity index (χ2n) is 10.5. The highest BCUT2D eigenvalue weighted by atomic mass is 32.1. The number of hydrogen-bond acceptors (Lipinski definition) is 8. The van der Waals surface area contributed by atoms with Gasteiger partial charge in [0.1, 0.15) is 0 Å². The molecule has 0 bridgehead atoms. The molecule has 1 N–H and O–H groups in total. The van der Waals surface area contributed by atoms with Crippen LogP contribution in [-0.2, 0) is 28.9 Å². The van der Waals surface area contributed by atoms with E-state index in [0.717, 1.165) is 67.8 Å². The average molecular weight is 504 g/mol. The van der Waals surface area contributed by atoms with Gasteiger partial charge in [-0.1, -0.05) is 0 Å². The van der Waals surface area contributed by atoms with Crippen molar-refractivity contribution in [1.29, 1.82) is 0 Å². The number of carbonyl (C=O) groups excluding carboxylic acids is 1. The van der Waals surface area contributed by atoms with Crippen molar-refractivity contribution >= 4 is 33.7 Å². The number of thiazole rings is 2. The molecule has 0 unspecified atom stereocenters. The zero-order valence-electron chi connectivity index (χ0n) is 20.6. The fourth-order valence-electron chi connectivity index (χ4n) is 5.48. The Morgan fingerprint density at radius 3 is 2.76 bits per heavy atom. The second-order valence-corrected chi connectivity index (χ2v) is 12.9. The molecule has 1 saturated heterocycles. The first-order valence-corrected chi connectivity index (χ1v) is 14.2. The summed E-state index contributed by atoms with van der Waals surface area (Å²) in [6.45, 7) is 9.32. The van der Waals surface area contributed by atoms with Crippen molar-refractivity contribution < 1.29 is 9.53 Å². The lowest BCUT2D eigenvalue weighted by Gasteiger charge is -2.46. The van der Waals surface area contributed by atoms with Gasteiger partial charge in [-0.2, -0.15) is 0 Å². The maximum atomic E-state index is 12.4. The first kappa shape index (κ1) is 24.2. The van der Waals surface area contributed by atoms with Crippen molar-refractivity contribution in [2.24, 2.45) is 5.92 Å². The molecule has 0 atom stereocenters. The van der Waals surface area contributed by atoms with Crippen LogP contribution in [0.25, 0.3) is 0 Å². The number of aryl methyl sites for hydroxylation is 1. The zero-order chi connectivity index (χ0) is 23.7. The van der Waals surface area contributed by atoms with Gasteiger partial charge in [0.25, 0.3) is 0 Å². The molecule has 1 amide bonds. The van der Waals surface area contributed by atoms with E-state index in [9.17, 15) is 4.79 Å². The van der Waals surface area contributed by atoms with E-state index >= 15 is 0 Å². The van der Waals surface area contributed by atoms with Crippen LogP contribution in [0.1, 0.15) is 59.5 Å². The third-order valence-corrected chi connectivity index (χ3v) is 9.81. The number of hydrogen-bond donors (Lipinski definition) is 1. The largest absolute Gasteiger partial charge is 0.375 e. The molecule has 0 spiro atoms. The van der Waals surface area contributed by atoms with E-state index in [-0.39, 0.29) is 11.5 Å². The molecule has 34 heavy (non-hydrogen) atoms. The highest BCUT2D eigenvalue weighted by molar-refractivity contribution is 7.15. The molecule has 9 heteroatoms. The molecular weight excluding hydrogens is 466 g/mol. The molecule has 0 radical (unpaired) electrons. The van der Waals surface area contributed by atoms with E-state index < -0.39 is 0 Å². The van der Waals surface area contributed by atoms with Crippen LogP contribution in [0.4, 0.5) is 5.13 Å². The number of fused-ring (bicyclic) bond motifs is 1. The SMILES string of the molecule is COC1(C)CN(c2nc3c(s2)CCN(CCC2CCC(NC(=O)Cc4cnc(C)s4)CC2)C3)C1. The van der Waals surface area contributed by atoms with Crippen LogP contribution in [0.15, 0.2) is 6.20 Å². The van der Waals surface area contributed by atoms with Gasteiger partial charge in [-0.25, -0.2) is 9.97 Å². The third-order valence-electron chi connectivity index (χ3n) is 7.68. The molecule has 1 aliphatic carbocycles.